The predicted octanol–water partition coefficient (Wildman–Crippen LogP) is 4.01. The molecule has 0 unspecified atom stereocenters. The Bertz CT molecular complexity index is 1100. The van der Waals surface area contributed by atoms with Crippen molar-refractivity contribution in [3.63, 3.8) is 0 Å². The number of methoxy groups -OCH3 is 2. The quantitative estimate of drug-likeness (QED) is 0.647. The molecule has 1 aromatic heterocycles. The summed E-state index contributed by atoms with van der Waals surface area (Å²) in [5.74, 6) is 1.98. The van der Waals surface area contributed by atoms with Crippen LogP contribution in [0.25, 0.3) is 11.4 Å². The van der Waals surface area contributed by atoms with Crippen LogP contribution in [0.4, 0.5) is 10.1 Å². The highest BCUT2D eigenvalue weighted by Gasteiger charge is 2.19. The summed E-state index contributed by atoms with van der Waals surface area (Å²) in [7, 11) is 3.12. The SMILES string of the molecule is COc1ccc(OC)c(CC(=O)Nc2ccc(F)c(-c3nnc4n3CCCCC4)c2)c1. The molecule has 0 spiro atoms. The summed E-state index contributed by atoms with van der Waals surface area (Å²) in [6.07, 6.45) is 4.12. The van der Waals surface area contributed by atoms with Gasteiger partial charge in [-0.3, -0.25) is 4.79 Å². The summed E-state index contributed by atoms with van der Waals surface area (Å²) in [5, 5.41) is 11.3. The van der Waals surface area contributed by atoms with Gasteiger partial charge in [-0.25, -0.2) is 4.39 Å². The molecule has 7 nitrogen and oxygen atoms in total. The first-order valence-corrected chi connectivity index (χ1v) is 10.3. The van der Waals surface area contributed by atoms with Crippen LogP contribution in [0.1, 0.15) is 30.7 Å². The number of halogens is 1. The number of amides is 1. The number of nitrogens with one attached hydrogen (secondary N) is 1. The maximum absolute atomic E-state index is 14.6. The van der Waals surface area contributed by atoms with E-state index in [0.29, 0.717) is 34.1 Å². The Labute approximate surface area is 180 Å². The van der Waals surface area contributed by atoms with Crippen molar-refractivity contribution in [3.8, 4) is 22.9 Å². The summed E-state index contributed by atoms with van der Waals surface area (Å²) in [4.78, 5) is 12.7. The summed E-state index contributed by atoms with van der Waals surface area (Å²) < 4.78 is 27.2. The Hall–Kier alpha value is -3.42. The first-order chi connectivity index (χ1) is 15.1. The van der Waals surface area contributed by atoms with Gasteiger partial charge in [0, 0.05) is 24.2 Å². The zero-order chi connectivity index (χ0) is 21.8. The van der Waals surface area contributed by atoms with Crippen molar-refractivity contribution >= 4 is 11.6 Å². The number of hydrogen-bond acceptors (Lipinski definition) is 5. The Morgan fingerprint density at radius 3 is 2.77 bits per heavy atom. The van der Waals surface area contributed by atoms with Gasteiger partial charge in [0.25, 0.3) is 0 Å². The second-order valence-electron chi connectivity index (χ2n) is 7.50. The van der Waals surface area contributed by atoms with E-state index in [9.17, 15) is 9.18 Å². The Morgan fingerprint density at radius 1 is 1.10 bits per heavy atom. The molecule has 0 fully saturated rings. The standard InChI is InChI=1S/C23H25FN4O3/c1-30-17-8-10-20(31-2)15(12-17)13-22(29)25-16-7-9-19(24)18(14-16)23-27-26-21-6-4-3-5-11-28(21)23/h7-10,12,14H,3-6,11,13H2,1-2H3,(H,25,29). The number of rotatable bonds is 6. The number of hydrogen-bond donors (Lipinski definition) is 1. The molecule has 1 N–H and O–H groups in total. The molecule has 8 heteroatoms. The largest absolute Gasteiger partial charge is 0.497 e. The summed E-state index contributed by atoms with van der Waals surface area (Å²) in [6.45, 7) is 0.767. The molecule has 0 saturated carbocycles. The van der Waals surface area contributed by atoms with Crippen LogP contribution in [0.2, 0.25) is 0 Å². The number of anilines is 1. The molecule has 0 bridgehead atoms. The molecule has 1 aliphatic heterocycles. The fourth-order valence-electron chi connectivity index (χ4n) is 3.86. The topological polar surface area (TPSA) is 78.3 Å². The number of carbonyl (C=O) groups excluding carboxylic acids is 1. The average molecular weight is 424 g/mol. The second kappa shape index (κ2) is 9.16. The maximum Gasteiger partial charge on any atom is 0.228 e. The molecule has 0 saturated heterocycles. The lowest BCUT2D eigenvalue weighted by Gasteiger charge is -2.12. The van der Waals surface area contributed by atoms with Crippen LogP contribution < -0.4 is 14.8 Å². The second-order valence-corrected chi connectivity index (χ2v) is 7.50. The number of nitrogens with zero attached hydrogens (tertiary/aromatic N) is 3. The van der Waals surface area contributed by atoms with Gasteiger partial charge < -0.3 is 19.4 Å². The van der Waals surface area contributed by atoms with Crippen molar-refractivity contribution in [2.75, 3.05) is 19.5 Å². The van der Waals surface area contributed by atoms with Crippen LogP contribution in [0, 0.1) is 5.82 Å². The van der Waals surface area contributed by atoms with E-state index in [1.165, 1.54) is 6.07 Å². The van der Waals surface area contributed by atoms with E-state index in [4.69, 9.17) is 9.47 Å². The number of aryl methyl sites for hydroxylation is 1. The monoisotopic (exact) mass is 424 g/mol. The molecule has 162 valence electrons. The fourth-order valence-corrected chi connectivity index (χ4v) is 3.86. The van der Waals surface area contributed by atoms with Gasteiger partial charge in [0.1, 0.15) is 23.1 Å². The molecular weight excluding hydrogens is 399 g/mol. The fraction of sp³-hybridized carbons (Fsp3) is 0.348. The van der Waals surface area contributed by atoms with Gasteiger partial charge in [0.05, 0.1) is 26.2 Å². The normalized spacial score (nSPS) is 13.3. The van der Waals surface area contributed by atoms with Gasteiger partial charge in [-0.05, 0) is 49.2 Å². The van der Waals surface area contributed by atoms with Gasteiger partial charge >= 0.3 is 0 Å². The lowest BCUT2D eigenvalue weighted by atomic mass is 10.1. The Balaban J connectivity index is 1.56. The van der Waals surface area contributed by atoms with Crippen LogP contribution in [0.5, 0.6) is 11.5 Å². The molecular formula is C23H25FN4O3. The molecule has 1 amide bonds. The molecule has 31 heavy (non-hydrogen) atoms. The van der Waals surface area contributed by atoms with Crippen LogP contribution in [0.15, 0.2) is 36.4 Å². The van der Waals surface area contributed by atoms with Crippen LogP contribution in [0.3, 0.4) is 0 Å². The Morgan fingerprint density at radius 2 is 1.97 bits per heavy atom. The van der Waals surface area contributed by atoms with Crippen LogP contribution >= 0.6 is 0 Å². The lowest BCUT2D eigenvalue weighted by Crippen LogP contribution is -2.15. The number of aromatic nitrogens is 3. The molecule has 0 aliphatic carbocycles. The van der Waals surface area contributed by atoms with Gasteiger partial charge in [-0.15, -0.1) is 10.2 Å². The van der Waals surface area contributed by atoms with E-state index in [-0.39, 0.29) is 12.3 Å². The molecule has 1 aliphatic rings. The van der Waals surface area contributed by atoms with Crippen molar-refractivity contribution in [3.05, 3.63) is 53.6 Å². The first-order valence-electron chi connectivity index (χ1n) is 10.3. The third-order valence-electron chi connectivity index (χ3n) is 5.44. The molecule has 2 heterocycles. The highest BCUT2D eigenvalue weighted by Crippen LogP contribution is 2.28. The van der Waals surface area contributed by atoms with Crippen molar-refractivity contribution in [2.24, 2.45) is 0 Å². The number of fused-ring (bicyclic) bond motifs is 1. The number of ether oxygens (including phenoxy) is 2. The minimum absolute atomic E-state index is 0.0907. The first kappa shape index (κ1) is 20.8. The minimum Gasteiger partial charge on any atom is -0.497 e. The minimum atomic E-state index is -0.396. The van der Waals surface area contributed by atoms with E-state index >= 15 is 0 Å². The summed E-state index contributed by atoms with van der Waals surface area (Å²) >= 11 is 0. The van der Waals surface area contributed by atoms with Crippen molar-refractivity contribution in [2.45, 2.75) is 38.6 Å². The zero-order valence-corrected chi connectivity index (χ0v) is 17.7. The van der Waals surface area contributed by atoms with Gasteiger partial charge in [0.15, 0.2) is 5.82 Å². The smallest absolute Gasteiger partial charge is 0.228 e. The van der Waals surface area contributed by atoms with E-state index in [1.54, 1.807) is 44.6 Å². The van der Waals surface area contributed by atoms with Gasteiger partial charge in [-0.2, -0.15) is 0 Å². The van der Waals surface area contributed by atoms with E-state index < -0.39 is 5.82 Å². The van der Waals surface area contributed by atoms with E-state index in [0.717, 1.165) is 38.1 Å². The van der Waals surface area contributed by atoms with E-state index in [2.05, 4.69) is 15.5 Å². The predicted molar refractivity (Wildman–Crippen MR) is 115 cm³/mol. The molecule has 0 atom stereocenters. The zero-order valence-electron chi connectivity index (χ0n) is 17.7. The molecule has 3 aromatic rings. The Kier molecular flexibility index (Phi) is 6.16. The van der Waals surface area contributed by atoms with Gasteiger partial charge in [0.2, 0.25) is 5.91 Å². The lowest BCUT2D eigenvalue weighted by molar-refractivity contribution is -0.115. The van der Waals surface area contributed by atoms with Crippen molar-refractivity contribution < 1.29 is 18.7 Å². The van der Waals surface area contributed by atoms with E-state index in [1.807, 2.05) is 4.57 Å². The molecule has 2 aromatic carbocycles. The third kappa shape index (κ3) is 4.52. The molecule has 4 rings (SSSR count). The molecule has 0 radical (unpaired) electrons. The number of carbonyl (C=O) groups is 1. The highest BCUT2D eigenvalue weighted by atomic mass is 19.1. The maximum atomic E-state index is 14.6. The summed E-state index contributed by atoms with van der Waals surface area (Å²) in [6, 6.07) is 9.79. The van der Waals surface area contributed by atoms with Crippen LogP contribution in [-0.4, -0.2) is 34.9 Å². The average Bonchev–Trinajstić information content (AvgIpc) is 3.02. The summed E-state index contributed by atoms with van der Waals surface area (Å²) in [5.41, 5.74) is 1.52. The van der Waals surface area contributed by atoms with Gasteiger partial charge in [-0.1, -0.05) is 6.42 Å². The van der Waals surface area contributed by atoms with Crippen LogP contribution in [-0.2, 0) is 24.2 Å². The van der Waals surface area contributed by atoms with Crippen molar-refractivity contribution in [1.82, 2.24) is 14.8 Å². The third-order valence-corrected chi connectivity index (χ3v) is 5.44. The number of benzene rings is 2. The van der Waals surface area contributed by atoms with Crippen molar-refractivity contribution in [1.29, 1.82) is 0 Å². The highest BCUT2D eigenvalue weighted by molar-refractivity contribution is 5.93.